The Morgan fingerprint density at radius 2 is 2.15 bits per heavy atom. The minimum absolute atomic E-state index is 0.297. The highest BCUT2D eigenvalue weighted by atomic mass is 32.2. The highest BCUT2D eigenvalue weighted by Gasteiger charge is 2.27. The molecule has 0 bridgehead atoms. The van der Waals surface area contributed by atoms with Gasteiger partial charge in [0.15, 0.2) is 5.96 Å². The van der Waals surface area contributed by atoms with Crippen LogP contribution >= 0.6 is 0 Å². The first kappa shape index (κ1) is 15.6. The summed E-state index contributed by atoms with van der Waals surface area (Å²) in [5.74, 6) is 1.89. The number of aliphatic imine (C=N–C) groups is 1. The third-order valence-corrected chi connectivity index (χ3v) is 5.97. The van der Waals surface area contributed by atoms with Crippen LogP contribution in [0.25, 0.3) is 0 Å². The van der Waals surface area contributed by atoms with Gasteiger partial charge >= 0.3 is 0 Å². The maximum Gasteiger partial charge on any atom is 0.214 e. The number of rotatable bonds is 3. The molecule has 1 N–H and O–H groups in total. The first-order valence-electron chi connectivity index (χ1n) is 7.46. The Balaban J connectivity index is 1.80. The van der Waals surface area contributed by atoms with Gasteiger partial charge in [-0.25, -0.2) is 12.7 Å². The van der Waals surface area contributed by atoms with E-state index in [1.54, 1.807) is 11.4 Å². The summed E-state index contributed by atoms with van der Waals surface area (Å²) in [6.45, 7) is 6.13. The fourth-order valence-electron chi connectivity index (χ4n) is 2.95. The lowest BCUT2D eigenvalue weighted by Crippen LogP contribution is -2.48. The van der Waals surface area contributed by atoms with Gasteiger partial charge in [0.1, 0.15) is 0 Å². The summed E-state index contributed by atoms with van der Waals surface area (Å²) in [5, 5.41) is 3.29. The first-order chi connectivity index (χ1) is 9.53. The van der Waals surface area contributed by atoms with Crippen LogP contribution in [-0.4, -0.2) is 69.1 Å². The quantitative estimate of drug-likeness (QED) is 0.603. The molecule has 6 nitrogen and oxygen atoms in total. The third kappa shape index (κ3) is 3.85. The van der Waals surface area contributed by atoms with Gasteiger partial charge in [-0.2, -0.15) is 0 Å². The Labute approximate surface area is 122 Å². The summed E-state index contributed by atoms with van der Waals surface area (Å²) < 4.78 is 25.0. The molecule has 0 aromatic heterocycles. The van der Waals surface area contributed by atoms with E-state index in [-0.39, 0.29) is 0 Å². The molecule has 2 saturated heterocycles. The second-order valence-electron chi connectivity index (χ2n) is 5.74. The van der Waals surface area contributed by atoms with Crippen LogP contribution in [-0.2, 0) is 10.0 Å². The summed E-state index contributed by atoms with van der Waals surface area (Å²) in [4.78, 5) is 6.58. The van der Waals surface area contributed by atoms with Gasteiger partial charge in [-0.15, -0.1) is 0 Å². The fourth-order valence-corrected chi connectivity index (χ4v) is 4.48. The SMILES string of the molecule is CN=C(NCCN1CCCS1(=O)=O)N1CCCC(C)C1. The molecule has 7 heteroatoms. The highest BCUT2D eigenvalue weighted by Crippen LogP contribution is 2.15. The van der Waals surface area contributed by atoms with Crippen molar-refractivity contribution in [2.75, 3.05) is 45.5 Å². The van der Waals surface area contributed by atoms with Gasteiger partial charge in [0.2, 0.25) is 10.0 Å². The predicted molar refractivity (Wildman–Crippen MR) is 81.3 cm³/mol. The smallest absolute Gasteiger partial charge is 0.214 e. The number of hydrogen-bond donors (Lipinski definition) is 1. The van der Waals surface area contributed by atoms with Crippen molar-refractivity contribution in [2.45, 2.75) is 26.2 Å². The van der Waals surface area contributed by atoms with E-state index in [0.717, 1.165) is 25.5 Å². The van der Waals surface area contributed by atoms with Crippen LogP contribution in [0.1, 0.15) is 26.2 Å². The van der Waals surface area contributed by atoms with Crippen molar-refractivity contribution in [1.29, 1.82) is 0 Å². The monoisotopic (exact) mass is 302 g/mol. The summed E-state index contributed by atoms with van der Waals surface area (Å²) >= 11 is 0. The van der Waals surface area contributed by atoms with E-state index < -0.39 is 10.0 Å². The molecule has 2 aliphatic heterocycles. The molecule has 0 spiro atoms. The van der Waals surface area contributed by atoms with E-state index in [4.69, 9.17) is 0 Å². The van der Waals surface area contributed by atoms with Crippen LogP contribution in [0, 0.1) is 5.92 Å². The van der Waals surface area contributed by atoms with Crippen LogP contribution < -0.4 is 5.32 Å². The van der Waals surface area contributed by atoms with Crippen molar-refractivity contribution < 1.29 is 8.42 Å². The minimum atomic E-state index is -2.99. The second kappa shape index (κ2) is 6.76. The van der Waals surface area contributed by atoms with Gasteiger partial charge in [-0.3, -0.25) is 4.99 Å². The molecular weight excluding hydrogens is 276 g/mol. The van der Waals surface area contributed by atoms with Crippen molar-refractivity contribution in [3.63, 3.8) is 0 Å². The van der Waals surface area contributed by atoms with E-state index in [0.29, 0.717) is 31.3 Å². The largest absolute Gasteiger partial charge is 0.355 e. The molecule has 1 unspecified atom stereocenters. The molecule has 0 amide bonds. The molecule has 2 aliphatic rings. The van der Waals surface area contributed by atoms with Crippen LogP contribution in [0.5, 0.6) is 0 Å². The normalized spacial score (nSPS) is 27.8. The van der Waals surface area contributed by atoms with Crippen LogP contribution in [0.2, 0.25) is 0 Å². The molecule has 20 heavy (non-hydrogen) atoms. The van der Waals surface area contributed by atoms with Crippen LogP contribution in [0.4, 0.5) is 0 Å². The second-order valence-corrected chi connectivity index (χ2v) is 7.82. The van der Waals surface area contributed by atoms with E-state index in [1.807, 2.05) is 0 Å². The number of nitrogens with zero attached hydrogens (tertiary/aromatic N) is 3. The first-order valence-corrected chi connectivity index (χ1v) is 9.07. The molecule has 0 radical (unpaired) electrons. The van der Waals surface area contributed by atoms with Crippen molar-refractivity contribution in [2.24, 2.45) is 10.9 Å². The predicted octanol–water partition coefficient (Wildman–Crippen LogP) is 0.329. The lowest BCUT2D eigenvalue weighted by Gasteiger charge is -2.33. The average Bonchev–Trinajstić information content (AvgIpc) is 2.74. The zero-order valence-corrected chi connectivity index (χ0v) is 13.3. The number of piperidine rings is 1. The molecule has 0 saturated carbocycles. The minimum Gasteiger partial charge on any atom is -0.355 e. The summed E-state index contributed by atoms with van der Waals surface area (Å²) in [6.07, 6.45) is 3.22. The van der Waals surface area contributed by atoms with Gasteiger partial charge < -0.3 is 10.2 Å². The molecule has 0 aromatic rings. The zero-order valence-electron chi connectivity index (χ0n) is 12.5. The highest BCUT2D eigenvalue weighted by molar-refractivity contribution is 7.89. The summed E-state index contributed by atoms with van der Waals surface area (Å²) in [7, 11) is -1.20. The lowest BCUT2D eigenvalue weighted by molar-refractivity contribution is 0.265. The summed E-state index contributed by atoms with van der Waals surface area (Å²) in [5.41, 5.74) is 0. The molecule has 1 atom stereocenters. The molecule has 116 valence electrons. The van der Waals surface area contributed by atoms with Gasteiger partial charge in [0.05, 0.1) is 5.75 Å². The Bertz CT molecular complexity index is 449. The van der Waals surface area contributed by atoms with Gasteiger partial charge in [-0.05, 0) is 25.2 Å². The standard InChI is InChI=1S/C13H26N4O2S/c1-12-5-3-7-16(11-12)13(14-2)15-6-9-17-8-4-10-20(17,18)19/h12H,3-11H2,1-2H3,(H,14,15). The van der Waals surface area contributed by atoms with E-state index in [2.05, 4.69) is 22.1 Å². The molecular formula is C13H26N4O2S. The topological polar surface area (TPSA) is 65.0 Å². The lowest BCUT2D eigenvalue weighted by atomic mass is 10.0. The van der Waals surface area contributed by atoms with E-state index >= 15 is 0 Å². The van der Waals surface area contributed by atoms with Crippen molar-refractivity contribution in [1.82, 2.24) is 14.5 Å². The Morgan fingerprint density at radius 3 is 2.75 bits per heavy atom. The summed E-state index contributed by atoms with van der Waals surface area (Å²) in [6, 6.07) is 0. The van der Waals surface area contributed by atoms with Crippen molar-refractivity contribution in [3.8, 4) is 0 Å². The van der Waals surface area contributed by atoms with Gasteiger partial charge in [0, 0.05) is 39.8 Å². The molecule has 2 heterocycles. The molecule has 0 aliphatic carbocycles. The van der Waals surface area contributed by atoms with Crippen molar-refractivity contribution in [3.05, 3.63) is 0 Å². The number of guanidine groups is 1. The molecule has 2 fully saturated rings. The number of sulfonamides is 1. The molecule has 2 rings (SSSR count). The fraction of sp³-hybridized carbons (Fsp3) is 0.923. The van der Waals surface area contributed by atoms with Crippen molar-refractivity contribution >= 4 is 16.0 Å². The number of nitrogens with one attached hydrogen (secondary N) is 1. The van der Waals surface area contributed by atoms with Crippen LogP contribution in [0.15, 0.2) is 4.99 Å². The number of hydrogen-bond acceptors (Lipinski definition) is 3. The zero-order chi connectivity index (χ0) is 14.6. The maximum absolute atomic E-state index is 11.7. The number of likely N-dealkylation sites (tertiary alicyclic amines) is 1. The van der Waals surface area contributed by atoms with Gasteiger partial charge in [-0.1, -0.05) is 6.92 Å². The average molecular weight is 302 g/mol. The Kier molecular flexibility index (Phi) is 5.26. The van der Waals surface area contributed by atoms with E-state index in [1.165, 1.54) is 12.8 Å². The maximum atomic E-state index is 11.7. The Hall–Kier alpha value is -0.820. The van der Waals surface area contributed by atoms with Crippen LogP contribution in [0.3, 0.4) is 0 Å². The molecule has 0 aromatic carbocycles. The van der Waals surface area contributed by atoms with E-state index in [9.17, 15) is 8.42 Å². The Morgan fingerprint density at radius 1 is 1.35 bits per heavy atom. The van der Waals surface area contributed by atoms with Gasteiger partial charge in [0.25, 0.3) is 0 Å². The third-order valence-electron chi connectivity index (χ3n) is 4.02.